The number of nitrogens with zero attached hydrogens (tertiary/aromatic N) is 3. The second-order valence-electron chi connectivity index (χ2n) is 4.70. The Labute approximate surface area is 123 Å². The average Bonchev–Trinajstić information content (AvgIpc) is 2.93. The van der Waals surface area contributed by atoms with Crippen molar-refractivity contribution in [3.8, 4) is 17.6 Å². The Morgan fingerprint density at radius 3 is 2.71 bits per heavy atom. The molecule has 1 atom stereocenters. The molecule has 21 heavy (non-hydrogen) atoms. The van der Waals surface area contributed by atoms with Crippen LogP contribution < -0.4 is 9.47 Å². The van der Waals surface area contributed by atoms with Gasteiger partial charge in [-0.15, -0.1) is 0 Å². The molecule has 0 radical (unpaired) electrons. The Morgan fingerprint density at radius 1 is 1.29 bits per heavy atom. The number of ether oxygens (including phenoxy) is 2. The van der Waals surface area contributed by atoms with Crippen LogP contribution in [0.15, 0.2) is 22.7 Å². The molecular weight excluding hydrogens is 270 g/mol. The third-order valence-electron chi connectivity index (χ3n) is 3.02. The highest BCUT2D eigenvalue weighted by atomic mass is 16.5. The van der Waals surface area contributed by atoms with E-state index >= 15 is 0 Å². The van der Waals surface area contributed by atoms with Gasteiger partial charge in [-0.05, 0) is 24.6 Å². The quantitative estimate of drug-likeness (QED) is 0.811. The van der Waals surface area contributed by atoms with E-state index in [1.54, 1.807) is 14.2 Å². The maximum absolute atomic E-state index is 8.78. The van der Waals surface area contributed by atoms with Crippen LogP contribution in [0.4, 0.5) is 0 Å². The summed E-state index contributed by atoms with van der Waals surface area (Å²) in [6.07, 6.45) is 1.00. The van der Waals surface area contributed by atoms with Gasteiger partial charge in [0.05, 0.1) is 26.2 Å². The van der Waals surface area contributed by atoms with Gasteiger partial charge in [-0.25, -0.2) is 0 Å². The van der Waals surface area contributed by atoms with Crippen LogP contribution in [0.25, 0.3) is 0 Å². The van der Waals surface area contributed by atoms with Crippen LogP contribution in [-0.4, -0.2) is 24.4 Å². The molecule has 0 aliphatic heterocycles. The molecule has 110 valence electrons. The molecule has 0 aliphatic rings. The van der Waals surface area contributed by atoms with Gasteiger partial charge in [-0.1, -0.05) is 11.2 Å². The van der Waals surface area contributed by atoms with E-state index < -0.39 is 0 Å². The van der Waals surface area contributed by atoms with Crippen molar-refractivity contribution in [1.82, 2.24) is 10.1 Å². The molecule has 1 aromatic carbocycles. The second-order valence-corrected chi connectivity index (χ2v) is 4.70. The van der Waals surface area contributed by atoms with Crippen molar-refractivity contribution >= 4 is 0 Å². The van der Waals surface area contributed by atoms with Crippen molar-refractivity contribution in [2.45, 2.75) is 19.8 Å². The molecule has 0 amide bonds. The number of hydrogen-bond acceptors (Lipinski definition) is 6. The van der Waals surface area contributed by atoms with Crippen molar-refractivity contribution < 1.29 is 14.0 Å². The molecular formula is C15H17N3O3. The van der Waals surface area contributed by atoms with Gasteiger partial charge in [0.2, 0.25) is 5.89 Å². The van der Waals surface area contributed by atoms with Crippen molar-refractivity contribution in [2.24, 2.45) is 5.92 Å². The molecule has 0 aliphatic carbocycles. The highest BCUT2D eigenvalue weighted by molar-refractivity contribution is 5.43. The summed E-state index contributed by atoms with van der Waals surface area (Å²) in [4.78, 5) is 4.29. The van der Waals surface area contributed by atoms with Crippen LogP contribution >= 0.6 is 0 Å². The molecule has 2 aromatic rings. The van der Waals surface area contributed by atoms with Crippen LogP contribution in [0.5, 0.6) is 11.5 Å². The Morgan fingerprint density at radius 2 is 2.05 bits per heavy atom. The number of nitriles is 1. The smallest absolute Gasteiger partial charge is 0.227 e. The minimum Gasteiger partial charge on any atom is -0.493 e. The first-order valence-electron chi connectivity index (χ1n) is 6.58. The molecule has 1 aromatic heterocycles. The third-order valence-corrected chi connectivity index (χ3v) is 3.02. The van der Waals surface area contributed by atoms with Gasteiger partial charge in [0, 0.05) is 12.8 Å². The Kier molecular flexibility index (Phi) is 4.77. The SMILES string of the molecule is COc1ccc(Cc2noc(CC(C)C#N)n2)cc1OC. The fraction of sp³-hybridized carbons (Fsp3) is 0.400. The molecule has 0 spiro atoms. The van der Waals surface area contributed by atoms with Crippen molar-refractivity contribution in [3.63, 3.8) is 0 Å². The van der Waals surface area contributed by atoms with Crippen LogP contribution in [0.1, 0.15) is 24.2 Å². The first kappa shape index (κ1) is 14.9. The minimum atomic E-state index is -0.139. The van der Waals surface area contributed by atoms with Crippen molar-refractivity contribution in [1.29, 1.82) is 5.26 Å². The summed E-state index contributed by atoms with van der Waals surface area (Å²) in [6.45, 7) is 1.82. The van der Waals surface area contributed by atoms with E-state index in [-0.39, 0.29) is 5.92 Å². The third kappa shape index (κ3) is 3.72. The lowest BCUT2D eigenvalue weighted by atomic mass is 10.1. The number of hydrogen-bond donors (Lipinski definition) is 0. The normalized spacial score (nSPS) is 11.7. The summed E-state index contributed by atoms with van der Waals surface area (Å²) in [7, 11) is 3.19. The number of methoxy groups -OCH3 is 2. The molecule has 1 unspecified atom stereocenters. The lowest BCUT2D eigenvalue weighted by Crippen LogP contribution is -1.97. The first-order chi connectivity index (χ1) is 10.2. The fourth-order valence-electron chi connectivity index (χ4n) is 1.93. The Balaban J connectivity index is 2.10. The predicted molar refractivity (Wildman–Crippen MR) is 75.1 cm³/mol. The molecule has 0 saturated heterocycles. The monoisotopic (exact) mass is 287 g/mol. The Hall–Kier alpha value is -2.55. The van der Waals surface area contributed by atoms with Crippen LogP contribution in [-0.2, 0) is 12.8 Å². The number of rotatable bonds is 6. The van der Waals surface area contributed by atoms with Crippen molar-refractivity contribution in [3.05, 3.63) is 35.5 Å². The van der Waals surface area contributed by atoms with Gasteiger partial charge in [-0.3, -0.25) is 0 Å². The second kappa shape index (κ2) is 6.75. The zero-order chi connectivity index (χ0) is 15.2. The molecule has 0 saturated carbocycles. The molecule has 0 fully saturated rings. The summed E-state index contributed by atoms with van der Waals surface area (Å²) >= 11 is 0. The summed E-state index contributed by atoms with van der Waals surface area (Å²) in [6, 6.07) is 7.79. The van der Waals surface area contributed by atoms with Crippen molar-refractivity contribution in [2.75, 3.05) is 14.2 Å². The van der Waals surface area contributed by atoms with E-state index in [2.05, 4.69) is 16.2 Å². The van der Waals surface area contributed by atoms with Gasteiger partial charge in [0.1, 0.15) is 0 Å². The van der Waals surface area contributed by atoms with E-state index in [1.165, 1.54) is 0 Å². The van der Waals surface area contributed by atoms with E-state index in [1.807, 2.05) is 25.1 Å². The summed E-state index contributed by atoms with van der Waals surface area (Å²) in [5.41, 5.74) is 0.994. The van der Waals surface area contributed by atoms with Gasteiger partial charge in [0.25, 0.3) is 0 Å². The topological polar surface area (TPSA) is 81.2 Å². The van der Waals surface area contributed by atoms with Gasteiger partial charge < -0.3 is 14.0 Å². The lowest BCUT2D eigenvalue weighted by Gasteiger charge is -2.08. The van der Waals surface area contributed by atoms with Crippen LogP contribution in [0, 0.1) is 17.2 Å². The number of aromatic nitrogens is 2. The molecule has 1 heterocycles. The summed E-state index contributed by atoms with van der Waals surface area (Å²) in [5.74, 6) is 2.27. The highest BCUT2D eigenvalue weighted by Crippen LogP contribution is 2.28. The summed E-state index contributed by atoms with van der Waals surface area (Å²) in [5, 5.41) is 12.7. The van der Waals surface area contributed by atoms with Crippen LogP contribution in [0.2, 0.25) is 0 Å². The Bertz CT molecular complexity index is 646. The van der Waals surface area contributed by atoms with Gasteiger partial charge >= 0.3 is 0 Å². The molecule has 0 N–H and O–H groups in total. The largest absolute Gasteiger partial charge is 0.493 e. The fourth-order valence-corrected chi connectivity index (χ4v) is 1.93. The maximum Gasteiger partial charge on any atom is 0.227 e. The number of benzene rings is 1. The standard InChI is InChI=1S/C15H17N3O3/c1-10(9-16)6-15-17-14(18-21-15)8-11-4-5-12(19-2)13(7-11)20-3/h4-5,7,10H,6,8H2,1-3H3. The zero-order valence-corrected chi connectivity index (χ0v) is 12.3. The summed E-state index contributed by atoms with van der Waals surface area (Å²) < 4.78 is 15.6. The van der Waals surface area contributed by atoms with E-state index in [4.69, 9.17) is 19.3 Å². The van der Waals surface area contributed by atoms with E-state index in [0.717, 1.165) is 5.56 Å². The highest BCUT2D eigenvalue weighted by Gasteiger charge is 2.12. The van der Waals surface area contributed by atoms with E-state index in [9.17, 15) is 0 Å². The zero-order valence-electron chi connectivity index (χ0n) is 12.3. The molecule has 6 nitrogen and oxygen atoms in total. The maximum atomic E-state index is 8.78. The first-order valence-corrected chi connectivity index (χ1v) is 6.58. The van der Waals surface area contributed by atoms with Crippen LogP contribution in [0.3, 0.4) is 0 Å². The predicted octanol–water partition coefficient (Wildman–Crippen LogP) is 2.38. The van der Waals surface area contributed by atoms with Gasteiger partial charge in [-0.2, -0.15) is 10.2 Å². The molecule has 6 heteroatoms. The molecule has 0 bridgehead atoms. The van der Waals surface area contributed by atoms with E-state index in [0.29, 0.717) is 36.1 Å². The minimum absolute atomic E-state index is 0.139. The average molecular weight is 287 g/mol. The lowest BCUT2D eigenvalue weighted by molar-refractivity contribution is 0.354. The molecule has 2 rings (SSSR count). The van der Waals surface area contributed by atoms with Gasteiger partial charge in [0.15, 0.2) is 17.3 Å².